The van der Waals surface area contributed by atoms with Crippen molar-refractivity contribution in [2.24, 2.45) is 0 Å². The van der Waals surface area contributed by atoms with Crippen molar-refractivity contribution in [1.82, 2.24) is 9.55 Å². The summed E-state index contributed by atoms with van der Waals surface area (Å²) in [6, 6.07) is 8.20. The van der Waals surface area contributed by atoms with Gasteiger partial charge in [-0.3, -0.25) is 14.5 Å². The maximum absolute atomic E-state index is 13.8. The number of halogens is 6. The summed E-state index contributed by atoms with van der Waals surface area (Å²) in [5, 5.41) is 2.30. The molecule has 0 saturated heterocycles. The van der Waals surface area contributed by atoms with Gasteiger partial charge in [-0.2, -0.15) is 26.3 Å². The smallest absolute Gasteiger partial charge is 0.324 e. The van der Waals surface area contributed by atoms with Crippen LogP contribution < -0.4 is 10.2 Å². The molecule has 2 heterocycles. The highest BCUT2D eigenvalue weighted by Crippen LogP contribution is 2.38. The topological polar surface area (TPSA) is 67.2 Å². The molecule has 32 heavy (non-hydrogen) atoms. The van der Waals surface area contributed by atoms with Crippen molar-refractivity contribution in [3.05, 3.63) is 54.4 Å². The molecule has 168 valence electrons. The summed E-state index contributed by atoms with van der Waals surface area (Å²) in [6.07, 6.45) is -11.0. The number of benzene rings is 2. The van der Waals surface area contributed by atoms with E-state index in [1.807, 2.05) is 0 Å². The standard InChI is InChI=1S/C20H14F6N4O2/c21-19(22,23)15-9-16(31)27-12-6-2-4-8-14(12)30(15)17(32)10-29-13-7-3-1-5-11(13)28-18(29)20(24,25)26/h1-8,15H,9-10H2,(H,27,31)/t15-/m1/s1. The quantitative estimate of drug-likeness (QED) is 0.583. The normalized spacial score (nSPS) is 17.1. The number of nitrogens with zero attached hydrogens (tertiary/aromatic N) is 3. The van der Waals surface area contributed by atoms with E-state index in [9.17, 15) is 35.9 Å². The Bertz CT molecular complexity index is 1200. The number of hydrogen-bond acceptors (Lipinski definition) is 3. The Morgan fingerprint density at radius 2 is 1.69 bits per heavy atom. The Balaban J connectivity index is 1.84. The first-order chi connectivity index (χ1) is 15.0. The van der Waals surface area contributed by atoms with Crippen molar-refractivity contribution >= 4 is 34.2 Å². The van der Waals surface area contributed by atoms with Crippen LogP contribution in [0.2, 0.25) is 0 Å². The zero-order valence-electron chi connectivity index (χ0n) is 16.0. The second-order valence-corrected chi connectivity index (χ2v) is 7.10. The third kappa shape index (κ3) is 3.87. The number of nitrogens with one attached hydrogen (secondary N) is 1. The summed E-state index contributed by atoms with van der Waals surface area (Å²) in [6.45, 7) is -1.07. The highest BCUT2D eigenvalue weighted by molar-refractivity contribution is 6.04. The van der Waals surface area contributed by atoms with Gasteiger partial charge in [0.2, 0.25) is 17.6 Å². The molecule has 0 spiro atoms. The van der Waals surface area contributed by atoms with Gasteiger partial charge in [0.1, 0.15) is 12.6 Å². The van der Waals surface area contributed by atoms with Crippen molar-refractivity contribution in [3.8, 4) is 0 Å². The first kappa shape index (κ1) is 21.7. The molecule has 0 saturated carbocycles. The van der Waals surface area contributed by atoms with Crippen molar-refractivity contribution in [2.75, 3.05) is 10.2 Å². The number of fused-ring (bicyclic) bond motifs is 2. The first-order valence-corrected chi connectivity index (χ1v) is 9.27. The predicted molar refractivity (Wildman–Crippen MR) is 102 cm³/mol. The van der Waals surface area contributed by atoms with Gasteiger partial charge in [-0.25, -0.2) is 4.98 Å². The summed E-state index contributed by atoms with van der Waals surface area (Å²) in [5.74, 6) is -3.66. The molecule has 2 aromatic carbocycles. The van der Waals surface area contributed by atoms with Crippen LogP contribution in [0.25, 0.3) is 11.0 Å². The maximum Gasteiger partial charge on any atom is 0.449 e. The lowest BCUT2D eigenvalue weighted by Crippen LogP contribution is -2.50. The third-order valence-corrected chi connectivity index (χ3v) is 4.98. The third-order valence-electron chi connectivity index (χ3n) is 4.98. The van der Waals surface area contributed by atoms with E-state index in [2.05, 4.69) is 10.3 Å². The van der Waals surface area contributed by atoms with Gasteiger partial charge in [-0.1, -0.05) is 24.3 Å². The van der Waals surface area contributed by atoms with Crippen molar-refractivity contribution < 1.29 is 35.9 Å². The van der Waals surface area contributed by atoms with E-state index < -0.39 is 49.0 Å². The number of rotatable bonds is 2. The molecule has 4 rings (SSSR count). The molecule has 1 aliphatic heterocycles. The number of carbonyl (C=O) groups excluding carboxylic acids is 2. The highest BCUT2D eigenvalue weighted by Gasteiger charge is 2.49. The average molecular weight is 456 g/mol. The van der Waals surface area contributed by atoms with Gasteiger partial charge in [0.25, 0.3) is 0 Å². The van der Waals surface area contributed by atoms with E-state index in [1.165, 1.54) is 48.5 Å². The summed E-state index contributed by atoms with van der Waals surface area (Å²) in [7, 11) is 0. The van der Waals surface area contributed by atoms with Crippen LogP contribution in [0, 0.1) is 0 Å². The van der Waals surface area contributed by atoms with E-state index in [-0.39, 0.29) is 22.4 Å². The lowest BCUT2D eigenvalue weighted by molar-refractivity contribution is -0.158. The second-order valence-electron chi connectivity index (χ2n) is 7.10. The van der Waals surface area contributed by atoms with Crippen LogP contribution >= 0.6 is 0 Å². The Kier molecular flexibility index (Phi) is 5.10. The number of hydrogen-bond donors (Lipinski definition) is 1. The molecule has 0 fully saturated rings. The van der Waals surface area contributed by atoms with E-state index >= 15 is 0 Å². The van der Waals surface area contributed by atoms with E-state index in [0.29, 0.717) is 9.47 Å². The summed E-state index contributed by atoms with van der Waals surface area (Å²) in [4.78, 5) is 29.0. The number of carbonyl (C=O) groups is 2. The average Bonchev–Trinajstić information content (AvgIpc) is 2.98. The van der Waals surface area contributed by atoms with E-state index in [0.717, 1.165) is 0 Å². The molecule has 6 nitrogen and oxygen atoms in total. The van der Waals surface area contributed by atoms with Gasteiger partial charge in [-0.15, -0.1) is 0 Å². The van der Waals surface area contributed by atoms with Crippen LogP contribution in [0.1, 0.15) is 12.2 Å². The van der Waals surface area contributed by atoms with Crippen LogP contribution in [-0.2, 0) is 22.3 Å². The van der Waals surface area contributed by atoms with E-state index in [4.69, 9.17) is 0 Å². The van der Waals surface area contributed by atoms with Gasteiger partial charge in [0.05, 0.1) is 28.8 Å². The number of para-hydroxylation sites is 4. The molecule has 1 aliphatic rings. The predicted octanol–water partition coefficient (Wildman–Crippen LogP) is 4.36. The zero-order chi connectivity index (χ0) is 23.3. The zero-order valence-corrected chi connectivity index (χ0v) is 16.0. The number of imidazole rings is 1. The van der Waals surface area contributed by atoms with Crippen molar-refractivity contribution in [2.45, 2.75) is 31.4 Å². The van der Waals surface area contributed by atoms with Gasteiger partial charge in [0, 0.05) is 0 Å². The molecule has 0 aliphatic carbocycles. The molecule has 1 N–H and O–H groups in total. The highest BCUT2D eigenvalue weighted by atomic mass is 19.4. The van der Waals surface area contributed by atoms with Crippen LogP contribution in [-0.4, -0.2) is 33.6 Å². The van der Waals surface area contributed by atoms with Crippen molar-refractivity contribution in [3.63, 3.8) is 0 Å². The van der Waals surface area contributed by atoms with Crippen LogP contribution in [0.3, 0.4) is 0 Å². The molecule has 1 atom stereocenters. The monoisotopic (exact) mass is 456 g/mol. The van der Waals surface area contributed by atoms with Gasteiger partial charge in [-0.05, 0) is 24.3 Å². The molecule has 0 bridgehead atoms. The summed E-state index contributed by atoms with van der Waals surface area (Å²) in [5.41, 5.74) is -0.435. The van der Waals surface area contributed by atoms with Crippen LogP contribution in [0.5, 0.6) is 0 Å². The largest absolute Gasteiger partial charge is 0.449 e. The molecular formula is C20H14F6N4O2. The minimum absolute atomic E-state index is 0.0517. The maximum atomic E-state index is 13.8. The number of amides is 2. The summed E-state index contributed by atoms with van der Waals surface area (Å²) >= 11 is 0. The van der Waals surface area contributed by atoms with Gasteiger partial charge >= 0.3 is 12.4 Å². The van der Waals surface area contributed by atoms with E-state index in [1.54, 1.807) is 0 Å². The molecule has 3 aromatic rings. The molecule has 1 aromatic heterocycles. The number of alkyl halides is 6. The fraction of sp³-hybridized carbons (Fsp3) is 0.250. The molecule has 12 heteroatoms. The Morgan fingerprint density at radius 3 is 2.38 bits per heavy atom. The molecular weight excluding hydrogens is 442 g/mol. The van der Waals surface area contributed by atoms with Crippen LogP contribution in [0.15, 0.2) is 48.5 Å². The Hall–Kier alpha value is -3.57. The summed E-state index contributed by atoms with van der Waals surface area (Å²) < 4.78 is 82.7. The van der Waals surface area contributed by atoms with Gasteiger partial charge in [0.15, 0.2) is 0 Å². The molecule has 2 amide bonds. The number of aromatic nitrogens is 2. The van der Waals surface area contributed by atoms with Crippen LogP contribution in [0.4, 0.5) is 37.7 Å². The lowest BCUT2D eigenvalue weighted by atomic mass is 10.1. The van der Waals surface area contributed by atoms with Crippen molar-refractivity contribution in [1.29, 1.82) is 0 Å². The minimum Gasteiger partial charge on any atom is -0.324 e. The Labute approximate surface area is 176 Å². The molecule has 0 radical (unpaired) electrons. The Morgan fingerprint density at radius 1 is 1.03 bits per heavy atom. The fourth-order valence-electron chi connectivity index (χ4n) is 3.66. The lowest BCUT2D eigenvalue weighted by Gasteiger charge is -2.32. The molecule has 0 unspecified atom stereocenters. The number of anilines is 2. The van der Waals surface area contributed by atoms with Gasteiger partial charge < -0.3 is 9.88 Å². The SMILES string of the molecule is O=C1C[C@H](C(F)(F)F)N(C(=O)Cn2c(C(F)(F)F)nc3ccccc32)c2ccccc2N1. The second kappa shape index (κ2) is 7.53. The first-order valence-electron chi connectivity index (χ1n) is 9.27. The minimum atomic E-state index is -5.01. The fourth-order valence-corrected chi connectivity index (χ4v) is 3.66.